The average molecular weight is 444 g/mol. The van der Waals surface area contributed by atoms with Gasteiger partial charge in [0.05, 0.1) is 5.69 Å². The molecule has 164 valence electrons. The van der Waals surface area contributed by atoms with Gasteiger partial charge in [-0.05, 0) is 76.3 Å². The molecular weight excluding hydrogens is 417 g/mol. The monoisotopic (exact) mass is 443 g/mol. The van der Waals surface area contributed by atoms with Gasteiger partial charge in [-0.3, -0.25) is 4.79 Å². The highest BCUT2D eigenvalue weighted by atomic mass is 35.5. The molecule has 0 radical (unpaired) electrons. The number of hydrogen-bond acceptors (Lipinski definition) is 3. The summed E-state index contributed by atoms with van der Waals surface area (Å²) < 4.78 is 18.7. The van der Waals surface area contributed by atoms with Gasteiger partial charge in [0.2, 0.25) is 0 Å². The summed E-state index contributed by atoms with van der Waals surface area (Å²) in [7, 11) is 0. The smallest absolute Gasteiger partial charge is 0.422 e. The van der Waals surface area contributed by atoms with E-state index >= 15 is 0 Å². The standard InChI is InChI=1S/C25H27ClFNO3/c1-25(2,3)31-24(30)28-22-16-18(26)13-14-20(22)21(23(28)29)12-7-5-4-6-9-17-10-8-11-19(27)15-17/h8,10-16H,4-7,9H2,1-3H3. The van der Waals surface area contributed by atoms with Crippen molar-refractivity contribution in [2.45, 2.75) is 58.5 Å². The van der Waals surface area contributed by atoms with Gasteiger partial charge in [-0.1, -0.05) is 42.3 Å². The zero-order valence-electron chi connectivity index (χ0n) is 18.1. The van der Waals surface area contributed by atoms with Crippen molar-refractivity contribution in [3.8, 4) is 0 Å². The normalized spacial score (nSPS) is 14.8. The fourth-order valence-corrected chi connectivity index (χ4v) is 3.70. The molecule has 31 heavy (non-hydrogen) atoms. The summed E-state index contributed by atoms with van der Waals surface area (Å²) in [4.78, 5) is 26.7. The molecule has 1 aliphatic heterocycles. The predicted molar refractivity (Wildman–Crippen MR) is 122 cm³/mol. The van der Waals surface area contributed by atoms with Crippen molar-refractivity contribution in [2.75, 3.05) is 4.90 Å². The molecule has 2 amide bonds. The van der Waals surface area contributed by atoms with Crippen LogP contribution in [0.15, 0.2) is 48.5 Å². The van der Waals surface area contributed by atoms with Gasteiger partial charge in [0.25, 0.3) is 5.91 Å². The Kier molecular flexibility index (Phi) is 7.16. The molecule has 0 saturated carbocycles. The molecule has 0 atom stereocenters. The minimum atomic E-state index is -0.718. The van der Waals surface area contributed by atoms with Crippen LogP contribution in [0.25, 0.3) is 5.57 Å². The van der Waals surface area contributed by atoms with Crippen molar-refractivity contribution in [3.05, 3.63) is 70.5 Å². The Labute approximate surface area is 187 Å². The lowest BCUT2D eigenvalue weighted by Crippen LogP contribution is -2.38. The van der Waals surface area contributed by atoms with Crippen molar-refractivity contribution in [3.63, 3.8) is 0 Å². The highest BCUT2D eigenvalue weighted by molar-refractivity contribution is 6.40. The number of hydrogen-bond donors (Lipinski definition) is 0. The van der Waals surface area contributed by atoms with E-state index in [-0.39, 0.29) is 5.82 Å². The Morgan fingerprint density at radius 1 is 1.13 bits per heavy atom. The molecule has 2 aromatic rings. The summed E-state index contributed by atoms with van der Waals surface area (Å²) >= 11 is 6.11. The molecule has 0 bridgehead atoms. The van der Waals surface area contributed by atoms with Crippen LogP contribution in [0.3, 0.4) is 0 Å². The van der Waals surface area contributed by atoms with Crippen LogP contribution in [0.2, 0.25) is 5.02 Å². The van der Waals surface area contributed by atoms with Crippen molar-refractivity contribution in [1.82, 2.24) is 0 Å². The SMILES string of the molecule is CC(C)(C)OC(=O)N1C(=O)C(=CCCCCCc2cccc(F)c2)c2ccc(Cl)cc21. The molecule has 1 heterocycles. The average Bonchev–Trinajstić information content (AvgIpc) is 2.94. The first-order valence-corrected chi connectivity index (χ1v) is 10.9. The summed E-state index contributed by atoms with van der Waals surface area (Å²) in [6.07, 6.45) is 5.48. The second-order valence-corrected chi connectivity index (χ2v) is 9.07. The number of anilines is 1. The number of rotatable bonds is 6. The van der Waals surface area contributed by atoms with Crippen molar-refractivity contribution in [2.24, 2.45) is 0 Å². The summed E-state index contributed by atoms with van der Waals surface area (Å²) in [6, 6.07) is 11.7. The van der Waals surface area contributed by atoms with Gasteiger partial charge in [-0.2, -0.15) is 0 Å². The molecule has 0 saturated heterocycles. The fraction of sp³-hybridized carbons (Fsp3) is 0.360. The number of halogens is 2. The molecule has 2 aromatic carbocycles. The van der Waals surface area contributed by atoms with E-state index in [1.54, 1.807) is 51.1 Å². The van der Waals surface area contributed by atoms with Crippen LogP contribution in [-0.2, 0) is 16.0 Å². The van der Waals surface area contributed by atoms with Gasteiger partial charge < -0.3 is 4.74 Å². The number of imide groups is 1. The number of benzene rings is 2. The molecule has 0 aromatic heterocycles. The maximum Gasteiger partial charge on any atom is 0.422 e. The number of amides is 2. The Hall–Kier alpha value is -2.66. The van der Waals surface area contributed by atoms with Gasteiger partial charge in [-0.25, -0.2) is 14.1 Å². The van der Waals surface area contributed by atoms with Gasteiger partial charge >= 0.3 is 6.09 Å². The van der Waals surface area contributed by atoms with E-state index in [0.29, 0.717) is 28.3 Å². The van der Waals surface area contributed by atoms with Crippen molar-refractivity contribution >= 4 is 34.9 Å². The van der Waals surface area contributed by atoms with Crippen molar-refractivity contribution in [1.29, 1.82) is 0 Å². The van der Waals surface area contributed by atoms with E-state index in [1.807, 2.05) is 12.1 Å². The lowest BCUT2D eigenvalue weighted by molar-refractivity contribution is -0.112. The number of aryl methyl sites for hydroxylation is 1. The lowest BCUT2D eigenvalue weighted by Gasteiger charge is -2.23. The first-order valence-electron chi connectivity index (χ1n) is 10.5. The summed E-state index contributed by atoms with van der Waals surface area (Å²) in [5, 5.41) is 0.443. The van der Waals surface area contributed by atoms with E-state index in [9.17, 15) is 14.0 Å². The van der Waals surface area contributed by atoms with E-state index in [2.05, 4.69) is 0 Å². The third kappa shape index (κ3) is 5.95. The number of unbranched alkanes of at least 4 members (excludes halogenated alkanes) is 3. The van der Waals surface area contributed by atoms with Gasteiger partial charge in [0.1, 0.15) is 11.4 Å². The highest BCUT2D eigenvalue weighted by Gasteiger charge is 2.39. The van der Waals surface area contributed by atoms with Crippen LogP contribution in [0.1, 0.15) is 57.6 Å². The van der Waals surface area contributed by atoms with E-state index in [0.717, 1.165) is 36.1 Å². The third-order valence-electron chi connectivity index (χ3n) is 4.91. The van der Waals surface area contributed by atoms with E-state index in [4.69, 9.17) is 16.3 Å². The quantitative estimate of drug-likeness (QED) is 0.358. The Balaban J connectivity index is 1.64. The van der Waals surface area contributed by atoms with Crippen molar-refractivity contribution < 1.29 is 18.7 Å². The Morgan fingerprint density at radius 2 is 1.90 bits per heavy atom. The number of ether oxygens (including phenoxy) is 1. The molecule has 1 aliphatic rings. The molecule has 3 rings (SSSR count). The zero-order valence-corrected chi connectivity index (χ0v) is 18.8. The Bertz CT molecular complexity index is 1010. The molecule has 0 unspecified atom stereocenters. The summed E-state index contributed by atoms with van der Waals surface area (Å²) in [5.74, 6) is -0.610. The Morgan fingerprint density at radius 3 is 2.61 bits per heavy atom. The number of carbonyl (C=O) groups excluding carboxylic acids is 2. The van der Waals surface area contributed by atoms with Crippen LogP contribution in [0.4, 0.5) is 14.9 Å². The van der Waals surface area contributed by atoms with Gasteiger partial charge in [0.15, 0.2) is 0 Å². The van der Waals surface area contributed by atoms with Crippen LogP contribution in [-0.4, -0.2) is 17.6 Å². The molecule has 0 fully saturated rings. The van der Waals surface area contributed by atoms with E-state index in [1.165, 1.54) is 6.07 Å². The molecule has 6 heteroatoms. The second-order valence-electron chi connectivity index (χ2n) is 8.63. The van der Waals surface area contributed by atoms with Crippen LogP contribution < -0.4 is 4.90 Å². The minimum absolute atomic E-state index is 0.213. The highest BCUT2D eigenvalue weighted by Crippen LogP contribution is 2.39. The topological polar surface area (TPSA) is 46.6 Å². The summed E-state index contributed by atoms with van der Waals surface area (Å²) in [5.41, 5.74) is 1.89. The van der Waals surface area contributed by atoms with Crippen LogP contribution in [0.5, 0.6) is 0 Å². The largest absolute Gasteiger partial charge is 0.443 e. The molecular formula is C25H27ClFNO3. The van der Waals surface area contributed by atoms with Crippen LogP contribution in [0, 0.1) is 5.82 Å². The minimum Gasteiger partial charge on any atom is -0.443 e. The predicted octanol–water partition coefficient (Wildman–Crippen LogP) is 6.95. The second kappa shape index (κ2) is 9.65. The molecule has 0 N–H and O–H groups in total. The van der Waals surface area contributed by atoms with Gasteiger partial charge in [0, 0.05) is 16.2 Å². The number of fused-ring (bicyclic) bond motifs is 1. The molecule has 0 spiro atoms. The first kappa shape index (κ1) is 23.0. The molecule has 4 nitrogen and oxygen atoms in total. The summed E-state index contributed by atoms with van der Waals surface area (Å²) in [6.45, 7) is 5.26. The molecule has 0 aliphatic carbocycles. The van der Waals surface area contributed by atoms with Crippen LogP contribution >= 0.6 is 11.6 Å². The number of nitrogens with zero attached hydrogens (tertiary/aromatic N) is 1. The maximum atomic E-state index is 13.2. The lowest BCUT2D eigenvalue weighted by atomic mass is 10.0. The number of allylic oxidation sites excluding steroid dienone is 1. The fourth-order valence-electron chi connectivity index (χ4n) is 3.54. The maximum absolute atomic E-state index is 13.2. The van der Waals surface area contributed by atoms with E-state index < -0.39 is 17.6 Å². The third-order valence-corrected chi connectivity index (χ3v) is 5.14. The zero-order chi connectivity index (χ0) is 22.6. The first-order chi connectivity index (χ1) is 14.7. The number of carbonyl (C=O) groups is 2. The van der Waals surface area contributed by atoms with Gasteiger partial charge in [-0.15, -0.1) is 0 Å².